The van der Waals surface area contributed by atoms with Crippen molar-refractivity contribution < 1.29 is 9.90 Å². The number of hydrogen-bond donors (Lipinski definition) is 1. The number of nitrogens with zero attached hydrogens (tertiary/aromatic N) is 3. The van der Waals surface area contributed by atoms with E-state index in [9.17, 15) is 9.90 Å². The van der Waals surface area contributed by atoms with Crippen molar-refractivity contribution in [1.29, 1.82) is 0 Å². The number of aromatic nitrogens is 1. The maximum Gasteiger partial charge on any atom is 0.270 e. The average molecular weight is 249 g/mol. The first kappa shape index (κ1) is 13.0. The summed E-state index contributed by atoms with van der Waals surface area (Å²) in [5.41, 5.74) is 0.545. The first-order valence-electron chi connectivity index (χ1n) is 6.22. The number of carbonyl (C=O) groups excluding carboxylic acids is 1. The summed E-state index contributed by atoms with van der Waals surface area (Å²) in [7, 11) is 0. The molecule has 0 bridgehead atoms. The first-order chi connectivity index (χ1) is 8.52. The lowest BCUT2D eigenvalue weighted by atomic mass is 10.2. The number of pyridine rings is 1. The second kappa shape index (κ2) is 5.04. The van der Waals surface area contributed by atoms with E-state index in [1.807, 2.05) is 25.8 Å². The van der Waals surface area contributed by atoms with Gasteiger partial charge in [-0.1, -0.05) is 0 Å². The van der Waals surface area contributed by atoms with E-state index >= 15 is 0 Å². The fourth-order valence-electron chi connectivity index (χ4n) is 2.50. The molecule has 1 saturated heterocycles. The zero-order valence-corrected chi connectivity index (χ0v) is 10.9. The van der Waals surface area contributed by atoms with Gasteiger partial charge in [0.05, 0.1) is 0 Å². The molecule has 2 heterocycles. The van der Waals surface area contributed by atoms with Crippen molar-refractivity contribution >= 4 is 5.91 Å². The summed E-state index contributed by atoms with van der Waals surface area (Å²) < 4.78 is 0. The van der Waals surface area contributed by atoms with Crippen molar-refractivity contribution in [3.63, 3.8) is 0 Å². The molecule has 0 aromatic carbocycles. The van der Waals surface area contributed by atoms with Crippen LogP contribution in [0.15, 0.2) is 24.5 Å². The molecule has 5 heteroatoms. The second-order valence-corrected chi connectivity index (χ2v) is 4.92. The molecule has 0 saturated carbocycles. The molecule has 0 radical (unpaired) electrons. The van der Waals surface area contributed by atoms with E-state index in [1.165, 1.54) is 5.01 Å². The van der Waals surface area contributed by atoms with Crippen molar-refractivity contribution in [2.45, 2.75) is 45.5 Å². The highest BCUT2D eigenvalue weighted by molar-refractivity contribution is 5.94. The third-order valence-corrected chi connectivity index (χ3v) is 3.20. The highest BCUT2D eigenvalue weighted by Crippen LogP contribution is 2.27. The van der Waals surface area contributed by atoms with E-state index in [0.717, 1.165) is 0 Å². The zero-order valence-electron chi connectivity index (χ0n) is 10.9. The first-order valence-corrected chi connectivity index (χ1v) is 6.22. The highest BCUT2D eigenvalue weighted by Gasteiger charge is 2.40. The molecule has 1 fully saturated rings. The highest BCUT2D eigenvalue weighted by atomic mass is 16.3. The van der Waals surface area contributed by atoms with E-state index in [1.54, 1.807) is 24.5 Å². The molecule has 1 aromatic heterocycles. The van der Waals surface area contributed by atoms with Gasteiger partial charge in [-0.15, -0.1) is 0 Å². The van der Waals surface area contributed by atoms with Crippen molar-refractivity contribution in [2.24, 2.45) is 0 Å². The second-order valence-electron chi connectivity index (χ2n) is 4.92. The van der Waals surface area contributed by atoms with Crippen LogP contribution in [0.1, 0.15) is 37.6 Å². The molecule has 18 heavy (non-hydrogen) atoms. The van der Waals surface area contributed by atoms with Crippen LogP contribution >= 0.6 is 0 Å². The molecule has 2 atom stereocenters. The van der Waals surface area contributed by atoms with Crippen LogP contribution in [-0.4, -0.2) is 44.3 Å². The Balaban J connectivity index is 2.28. The topological polar surface area (TPSA) is 56.7 Å². The van der Waals surface area contributed by atoms with Crippen molar-refractivity contribution in [3.8, 4) is 0 Å². The van der Waals surface area contributed by atoms with E-state index in [0.29, 0.717) is 12.0 Å². The minimum Gasteiger partial charge on any atom is -0.372 e. The lowest BCUT2D eigenvalue weighted by Gasteiger charge is -2.35. The number of hydrogen-bond acceptors (Lipinski definition) is 4. The summed E-state index contributed by atoms with van der Waals surface area (Å²) in [5, 5.41) is 13.5. The molecule has 1 amide bonds. The third-order valence-electron chi connectivity index (χ3n) is 3.20. The fraction of sp³-hybridized carbons (Fsp3) is 0.538. The molecule has 0 spiro atoms. The zero-order chi connectivity index (χ0) is 13.3. The van der Waals surface area contributed by atoms with Gasteiger partial charge in [0.15, 0.2) is 0 Å². The Morgan fingerprint density at radius 1 is 1.44 bits per heavy atom. The Labute approximate surface area is 107 Å². The van der Waals surface area contributed by atoms with Crippen molar-refractivity contribution in [2.75, 3.05) is 0 Å². The Bertz CT molecular complexity index is 422. The minimum atomic E-state index is -0.747. The van der Waals surface area contributed by atoms with Crippen LogP contribution in [0.4, 0.5) is 0 Å². The minimum absolute atomic E-state index is 0.158. The van der Waals surface area contributed by atoms with Crippen LogP contribution in [0.3, 0.4) is 0 Å². The predicted molar refractivity (Wildman–Crippen MR) is 67.5 cm³/mol. The number of aliphatic hydroxyl groups excluding tert-OH is 1. The normalized spacial score (nSPS) is 24.8. The number of hydrazine groups is 1. The molecule has 98 valence electrons. The van der Waals surface area contributed by atoms with Gasteiger partial charge in [-0.05, 0) is 32.9 Å². The van der Waals surface area contributed by atoms with Crippen LogP contribution < -0.4 is 0 Å². The van der Waals surface area contributed by atoms with Crippen LogP contribution in [-0.2, 0) is 0 Å². The van der Waals surface area contributed by atoms with Gasteiger partial charge in [-0.2, -0.15) is 0 Å². The molecule has 1 N–H and O–H groups in total. The SMILES string of the molecule is CC(C)N1C(C)CC(O)N1C(=O)c1ccncc1. The summed E-state index contributed by atoms with van der Waals surface area (Å²) in [5.74, 6) is -0.178. The Morgan fingerprint density at radius 3 is 2.61 bits per heavy atom. The van der Waals surface area contributed by atoms with E-state index in [4.69, 9.17) is 0 Å². The van der Waals surface area contributed by atoms with Gasteiger partial charge in [-0.3, -0.25) is 9.78 Å². The molecule has 0 aliphatic carbocycles. The van der Waals surface area contributed by atoms with Gasteiger partial charge >= 0.3 is 0 Å². The van der Waals surface area contributed by atoms with E-state index < -0.39 is 6.23 Å². The van der Waals surface area contributed by atoms with Gasteiger partial charge in [0.25, 0.3) is 5.91 Å². The smallest absolute Gasteiger partial charge is 0.270 e. The van der Waals surface area contributed by atoms with Crippen LogP contribution in [0.5, 0.6) is 0 Å². The third kappa shape index (κ3) is 2.23. The Kier molecular flexibility index (Phi) is 3.63. The van der Waals surface area contributed by atoms with Gasteiger partial charge in [0.2, 0.25) is 0 Å². The standard InChI is InChI=1S/C13H19N3O2/c1-9(2)15-10(3)8-12(17)16(15)13(18)11-4-6-14-7-5-11/h4-7,9-10,12,17H,8H2,1-3H3. The number of amides is 1. The van der Waals surface area contributed by atoms with E-state index in [2.05, 4.69) is 4.98 Å². The monoisotopic (exact) mass is 249 g/mol. The van der Waals surface area contributed by atoms with Crippen LogP contribution in [0.2, 0.25) is 0 Å². The largest absolute Gasteiger partial charge is 0.372 e. The molecule has 2 rings (SSSR count). The summed E-state index contributed by atoms with van der Waals surface area (Å²) in [6, 6.07) is 3.65. The predicted octanol–water partition coefficient (Wildman–Crippen LogP) is 1.26. The lowest BCUT2D eigenvalue weighted by Crippen LogP contribution is -2.50. The van der Waals surface area contributed by atoms with Crippen LogP contribution in [0, 0.1) is 0 Å². The maximum atomic E-state index is 12.4. The molecular weight excluding hydrogens is 230 g/mol. The fourth-order valence-corrected chi connectivity index (χ4v) is 2.50. The summed E-state index contributed by atoms with van der Waals surface area (Å²) in [6.45, 7) is 6.05. The molecule has 2 unspecified atom stereocenters. The number of carbonyl (C=O) groups is 1. The van der Waals surface area contributed by atoms with Gasteiger partial charge < -0.3 is 5.11 Å². The molecule has 5 nitrogen and oxygen atoms in total. The number of rotatable bonds is 2. The van der Waals surface area contributed by atoms with E-state index in [-0.39, 0.29) is 18.0 Å². The average Bonchev–Trinajstić information content (AvgIpc) is 2.64. The van der Waals surface area contributed by atoms with Gasteiger partial charge in [-0.25, -0.2) is 10.0 Å². The lowest BCUT2D eigenvalue weighted by molar-refractivity contribution is -0.0780. The maximum absolute atomic E-state index is 12.4. The molecule has 1 aliphatic rings. The summed E-state index contributed by atoms with van der Waals surface area (Å²) in [4.78, 5) is 16.3. The van der Waals surface area contributed by atoms with Crippen molar-refractivity contribution in [3.05, 3.63) is 30.1 Å². The van der Waals surface area contributed by atoms with Gasteiger partial charge in [0, 0.05) is 36.5 Å². The Morgan fingerprint density at radius 2 is 2.06 bits per heavy atom. The molecule has 1 aliphatic heterocycles. The molecule has 1 aromatic rings. The van der Waals surface area contributed by atoms with Crippen LogP contribution in [0.25, 0.3) is 0 Å². The Hall–Kier alpha value is -1.46. The summed E-state index contributed by atoms with van der Waals surface area (Å²) >= 11 is 0. The van der Waals surface area contributed by atoms with Crippen molar-refractivity contribution in [1.82, 2.24) is 15.0 Å². The van der Waals surface area contributed by atoms with Gasteiger partial charge in [0.1, 0.15) is 6.23 Å². The quantitative estimate of drug-likeness (QED) is 0.857. The number of aliphatic hydroxyl groups is 1. The summed E-state index contributed by atoms with van der Waals surface area (Å²) in [6.07, 6.45) is 3.00. The molecular formula is C13H19N3O2.